The van der Waals surface area contributed by atoms with E-state index >= 15 is 0 Å². The normalized spacial score (nSPS) is 19.8. The summed E-state index contributed by atoms with van der Waals surface area (Å²) in [5.74, 6) is -1.34. The Morgan fingerprint density at radius 1 is 0.519 bits per heavy atom. The molecular formula is C97H104Cl2N20O10S2. The van der Waals surface area contributed by atoms with Crippen LogP contribution in [0.1, 0.15) is 156 Å². The molecule has 6 N–H and O–H groups in total. The predicted molar refractivity (Wildman–Crippen MR) is 510 cm³/mol. The van der Waals surface area contributed by atoms with E-state index < -0.39 is 62.9 Å². The van der Waals surface area contributed by atoms with E-state index in [4.69, 9.17) is 23.2 Å². The Morgan fingerprint density at radius 2 is 0.931 bits per heavy atom. The molecule has 0 bridgehead atoms. The van der Waals surface area contributed by atoms with Gasteiger partial charge in [-0.15, -0.1) is 0 Å². The lowest BCUT2D eigenvalue weighted by atomic mass is 9.72. The van der Waals surface area contributed by atoms with E-state index in [0.29, 0.717) is 57.8 Å². The van der Waals surface area contributed by atoms with Crippen molar-refractivity contribution in [1.29, 1.82) is 10.5 Å². The Labute approximate surface area is 769 Å². The quantitative estimate of drug-likeness (QED) is 0.0242. The van der Waals surface area contributed by atoms with E-state index in [0.717, 1.165) is 200 Å². The molecule has 2 aliphatic heterocycles. The number of pyridine rings is 2. The number of carbonyl (C=O) groups is 2. The maximum absolute atomic E-state index is 14.3. The summed E-state index contributed by atoms with van der Waals surface area (Å²) in [5, 5.41) is 59.0. The highest BCUT2D eigenvalue weighted by molar-refractivity contribution is 7.90. The number of piperazine rings is 2. The number of halogens is 2. The van der Waals surface area contributed by atoms with Crippen LogP contribution >= 0.6 is 23.2 Å². The minimum atomic E-state index is -4.59. The van der Waals surface area contributed by atoms with Gasteiger partial charge >= 0.3 is 0 Å². The van der Waals surface area contributed by atoms with Gasteiger partial charge in [0.1, 0.15) is 22.4 Å². The first kappa shape index (κ1) is 90.4. The lowest BCUT2D eigenvalue weighted by Gasteiger charge is -2.39. The van der Waals surface area contributed by atoms with Gasteiger partial charge < -0.3 is 20.4 Å². The molecule has 34 heteroatoms. The molecule has 30 nitrogen and oxygen atoms in total. The number of benzene rings is 6. The van der Waals surface area contributed by atoms with Crippen LogP contribution in [0.4, 0.5) is 34.1 Å². The van der Waals surface area contributed by atoms with Gasteiger partial charge in [0, 0.05) is 154 Å². The lowest BCUT2D eigenvalue weighted by Crippen LogP contribution is -2.47. The van der Waals surface area contributed by atoms with Crippen LogP contribution in [0.3, 0.4) is 0 Å². The number of hydrogen-bond acceptors (Lipinski definition) is 22. The predicted octanol–water partition coefficient (Wildman–Crippen LogP) is 18.6. The van der Waals surface area contributed by atoms with E-state index in [1.54, 1.807) is 46.3 Å². The number of fused-ring (bicyclic) bond motifs is 4. The number of sulfonamides is 2. The largest absolute Gasteiger partial charge is 0.379 e. The van der Waals surface area contributed by atoms with E-state index in [2.05, 4.69) is 134 Å². The summed E-state index contributed by atoms with van der Waals surface area (Å²) in [6.07, 6.45) is 19.4. The molecular weight excluding hydrogens is 1740 g/mol. The standard InChI is InChI=1S/C49H53ClN10O5S.C48H51ClN10O5S/c1-48(2)16-14-35(40(27-48)33-4-6-36(50)7-5-33)30-57-20-22-58(23-21-57)37-8-10-39(43(25-37)59-44-24-34-15-19-52-46(34)55-42(44)29-54-59)47(61)56-66(64,65)38-9-11-41(45(26-38)60(62)63)53-28-32-12-17-49(3,31-51)18-13-32;1-48(2)17-15-35(40(26-48)33-7-9-36(49)10-8-33)30-56-19-21-57(22-20-56)37-11-13-39(43(24-37)58-44-23-34-16-18-51-46(34)54-42(44)29-53-58)47(60)55-65(63,64)38-12-14-41(45(25-38)59(61)62)52-28-32-5-3-31(27-50)4-6-32/h4-11,15,19,24-26,29,32,53-54H,12-14,16-18,20-23,27-28,30H2,1-3H3,(H,56,61);7-14,16,18,23-25,29,31-32,52-53H,3-6,15,17,19-22,26,28,30H2,1-2H3,(H,55,60). The zero-order valence-electron chi connectivity index (χ0n) is 73.7. The summed E-state index contributed by atoms with van der Waals surface area (Å²) in [5.41, 5.74) is 14.1. The Bertz CT molecular complexity index is 6820. The number of carbonyl (C=O) groups excluding carboxylic acids is 2. The van der Waals surface area contributed by atoms with Gasteiger partial charge in [-0.1, -0.05) is 86.3 Å². The Hall–Kier alpha value is -12.6. The maximum atomic E-state index is 14.3. The monoisotopic (exact) mass is 1840 g/mol. The van der Waals surface area contributed by atoms with Crippen molar-refractivity contribution < 1.29 is 36.3 Å². The zero-order valence-corrected chi connectivity index (χ0v) is 76.8. The van der Waals surface area contributed by atoms with Gasteiger partial charge in [-0.05, 0) is 251 Å². The van der Waals surface area contributed by atoms with Crippen LogP contribution in [0.15, 0.2) is 191 Å². The van der Waals surface area contributed by atoms with Crippen molar-refractivity contribution in [2.45, 2.75) is 134 Å². The first-order valence-corrected chi connectivity index (χ1v) is 48.3. The number of amides is 2. The molecule has 4 fully saturated rings. The smallest absolute Gasteiger partial charge is 0.293 e. The number of H-pyrrole nitrogens is 2. The van der Waals surface area contributed by atoms with E-state index in [1.165, 1.54) is 57.7 Å². The third kappa shape index (κ3) is 20.2. The van der Waals surface area contributed by atoms with Crippen LogP contribution in [-0.2, 0) is 20.0 Å². The molecule has 0 atom stereocenters. The topological polar surface area (TPSA) is 390 Å². The van der Waals surface area contributed by atoms with Crippen molar-refractivity contribution in [1.82, 2.24) is 58.7 Å². The Kier molecular flexibility index (Phi) is 25.8. The van der Waals surface area contributed by atoms with Crippen LogP contribution in [0, 0.1) is 76.9 Å². The van der Waals surface area contributed by atoms with Crippen LogP contribution in [0.2, 0.25) is 10.0 Å². The molecule has 678 valence electrons. The molecule has 0 unspecified atom stereocenters. The second-order valence-corrected chi connectivity index (χ2v) is 41.7. The summed E-state index contributed by atoms with van der Waals surface area (Å²) in [6, 6.07) is 46.4. The molecule has 6 aromatic heterocycles. The molecule has 2 saturated heterocycles. The second-order valence-electron chi connectivity index (χ2n) is 37.5. The number of rotatable bonds is 24. The van der Waals surface area contributed by atoms with Gasteiger partial charge in [0.2, 0.25) is 0 Å². The summed E-state index contributed by atoms with van der Waals surface area (Å²) in [6.45, 7) is 20.2. The van der Waals surface area contributed by atoms with E-state index in [-0.39, 0.29) is 56.5 Å². The van der Waals surface area contributed by atoms with Crippen LogP contribution in [0.5, 0.6) is 0 Å². The summed E-state index contributed by atoms with van der Waals surface area (Å²) >= 11 is 12.5. The number of nitriles is 2. The number of anilines is 4. The molecule has 18 rings (SSSR count). The van der Waals surface area contributed by atoms with Crippen molar-refractivity contribution in [2.24, 2.45) is 34.0 Å². The van der Waals surface area contributed by atoms with E-state index in [9.17, 15) is 57.2 Å². The maximum Gasteiger partial charge on any atom is 0.293 e. The molecule has 8 heterocycles. The van der Waals surface area contributed by atoms with Crippen molar-refractivity contribution in [3.63, 3.8) is 0 Å². The number of nitrogens with one attached hydrogen (secondary N) is 6. The number of aromatic amines is 2. The molecule has 2 amide bonds. The molecule has 0 radical (unpaired) electrons. The van der Waals surface area contributed by atoms with Crippen molar-refractivity contribution in [2.75, 3.05) is 99.0 Å². The Morgan fingerprint density at radius 3 is 1.33 bits per heavy atom. The fourth-order valence-corrected chi connectivity index (χ4v) is 21.5. The number of aromatic nitrogens is 8. The minimum absolute atomic E-state index is 0.0294. The average molecular weight is 1850 g/mol. The van der Waals surface area contributed by atoms with Gasteiger partial charge in [-0.3, -0.25) is 59.2 Å². The van der Waals surface area contributed by atoms with Crippen LogP contribution in [0.25, 0.3) is 66.7 Å². The third-order valence-corrected chi connectivity index (χ3v) is 30.4. The first-order chi connectivity index (χ1) is 62.8. The van der Waals surface area contributed by atoms with Gasteiger partial charge in [-0.25, -0.2) is 46.2 Å². The van der Waals surface area contributed by atoms with E-state index in [1.807, 2.05) is 79.7 Å². The van der Waals surface area contributed by atoms with Gasteiger partial charge in [0.15, 0.2) is 11.3 Å². The van der Waals surface area contributed by atoms with Gasteiger partial charge in [0.05, 0.1) is 70.7 Å². The summed E-state index contributed by atoms with van der Waals surface area (Å²) in [4.78, 5) is 78.4. The molecule has 0 spiro atoms. The number of nitro benzene ring substituents is 2. The summed E-state index contributed by atoms with van der Waals surface area (Å²) < 4.78 is 63.4. The Balaban J connectivity index is 0.000000183. The minimum Gasteiger partial charge on any atom is -0.379 e. The average Bonchev–Trinajstić information content (AvgIpc) is 1.62. The first-order valence-electron chi connectivity index (χ1n) is 44.6. The molecule has 2 saturated carbocycles. The molecule has 131 heavy (non-hydrogen) atoms. The molecule has 6 aliphatic rings. The lowest BCUT2D eigenvalue weighted by molar-refractivity contribution is -0.384. The van der Waals surface area contributed by atoms with Crippen LogP contribution < -0.4 is 29.9 Å². The summed E-state index contributed by atoms with van der Waals surface area (Å²) in [7, 11) is -9.17. The van der Waals surface area contributed by atoms with Gasteiger partial charge in [-0.2, -0.15) is 10.5 Å². The number of hydrogen-bond donors (Lipinski definition) is 6. The molecule has 12 aromatic rings. The number of allylic oxidation sites excluding steroid dienone is 2. The second kappa shape index (κ2) is 37.4. The number of nitro groups is 2. The van der Waals surface area contributed by atoms with Gasteiger partial charge in [0.25, 0.3) is 43.2 Å². The highest BCUT2D eigenvalue weighted by atomic mass is 35.5. The fourth-order valence-electron chi connectivity index (χ4n) is 19.3. The van der Waals surface area contributed by atoms with Crippen molar-refractivity contribution in [3.05, 3.63) is 234 Å². The molecule has 4 aliphatic carbocycles. The molecule has 6 aromatic carbocycles. The van der Waals surface area contributed by atoms with Crippen molar-refractivity contribution in [3.8, 4) is 23.5 Å². The highest BCUT2D eigenvalue weighted by Crippen LogP contribution is 2.47. The van der Waals surface area contributed by atoms with Crippen molar-refractivity contribution >= 4 is 144 Å². The fraction of sp³-hybridized carbons (Fsp3) is 0.381. The SMILES string of the molecule is CC1(C)CCC(CN2CCN(c3ccc(C(=O)NS(=O)(=O)c4ccc(NCC5CCC(C#N)CC5)c([N+](=O)[O-])c4)c(-n4[nH]cc5nc6nccc6cc54)c3)CC2)=C(c2ccc(Cl)cc2)C1.CC1(C)CCC(CN2CCN(c3ccc(C(=O)NS(=O)(=O)c4ccc(NCC5CCC(C)(C#N)CC5)c([N+](=O)[O-])c4)c(-n4[nH]cc5nc6nccc6cc54)c3)CC2)=C(c2ccc(Cl)cc2)C1. The highest BCUT2D eigenvalue weighted by Gasteiger charge is 2.37. The third-order valence-electron chi connectivity index (χ3n) is 27.2. The number of nitrogens with zero attached hydrogens (tertiary/aromatic N) is 14. The van der Waals surface area contributed by atoms with Crippen LogP contribution in [-0.4, -0.2) is 166 Å². The zero-order chi connectivity index (χ0) is 91.8.